The van der Waals surface area contributed by atoms with Gasteiger partial charge in [-0.15, -0.1) is 0 Å². The van der Waals surface area contributed by atoms with Gasteiger partial charge in [0.15, 0.2) is 17.2 Å². The minimum Gasteiger partial charge on any atom is -0.491 e. The first-order chi connectivity index (χ1) is 14.1. The number of hydrogen-bond acceptors (Lipinski definition) is 6. The second-order valence-corrected chi connectivity index (χ2v) is 7.28. The van der Waals surface area contributed by atoms with Crippen molar-refractivity contribution in [3.05, 3.63) is 46.4 Å². The van der Waals surface area contributed by atoms with E-state index in [0.29, 0.717) is 23.7 Å². The molecule has 2 aromatic rings. The molecule has 0 unspecified atom stereocenters. The summed E-state index contributed by atoms with van der Waals surface area (Å²) in [6.07, 6.45) is 5.17. The molecule has 1 aromatic carbocycles. The van der Waals surface area contributed by atoms with E-state index < -0.39 is 0 Å². The third kappa shape index (κ3) is 4.54. The van der Waals surface area contributed by atoms with Gasteiger partial charge in [0.05, 0.1) is 13.3 Å². The lowest BCUT2D eigenvalue weighted by Gasteiger charge is -2.27. The normalized spacial score (nSPS) is 15.9. The SMILES string of the molecule is COc1cn(CC(=O)Nc2ccc3c(c2)OCO3)c(CN2CCCCC2)cc1=O. The van der Waals surface area contributed by atoms with Crippen LogP contribution in [-0.2, 0) is 17.9 Å². The molecule has 1 fully saturated rings. The molecule has 1 saturated heterocycles. The zero-order chi connectivity index (χ0) is 20.2. The molecule has 8 heteroatoms. The molecule has 2 aliphatic rings. The molecule has 0 saturated carbocycles. The number of ether oxygens (including phenoxy) is 3. The summed E-state index contributed by atoms with van der Waals surface area (Å²) in [5.41, 5.74) is 1.26. The van der Waals surface area contributed by atoms with Crippen LogP contribution in [0.2, 0.25) is 0 Å². The molecular weight excluding hydrogens is 374 g/mol. The van der Waals surface area contributed by atoms with Crippen molar-refractivity contribution in [3.63, 3.8) is 0 Å². The highest BCUT2D eigenvalue weighted by atomic mass is 16.7. The number of fused-ring (bicyclic) bond motifs is 1. The second kappa shape index (κ2) is 8.57. The van der Waals surface area contributed by atoms with Crippen molar-refractivity contribution >= 4 is 11.6 Å². The molecule has 4 rings (SSSR count). The van der Waals surface area contributed by atoms with Gasteiger partial charge in [-0.3, -0.25) is 14.5 Å². The van der Waals surface area contributed by atoms with Crippen LogP contribution in [0.4, 0.5) is 5.69 Å². The van der Waals surface area contributed by atoms with Gasteiger partial charge in [0.1, 0.15) is 6.54 Å². The molecule has 1 aromatic heterocycles. The number of pyridine rings is 1. The third-order valence-corrected chi connectivity index (χ3v) is 5.21. The van der Waals surface area contributed by atoms with E-state index in [1.807, 2.05) is 0 Å². The van der Waals surface area contributed by atoms with Crippen molar-refractivity contribution in [2.24, 2.45) is 0 Å². The molecule has 8 nitrogen and oxygen atoms in total. The largest absolute Gasteiger partial charge is 0.491 e. The molecule has 2 aliphatic heterocycles. The Balaban J connectivity index is 1.51. The van der Waals surface area contributed by atoms with E-state index in [0.717, 1.165) is 31.6 Å². The molecule has 3 heterocycles. The Bertz CT molecular complexity index is 950. The molecular formula is C21H25N3O5. The van der Waals surface area contributed by atoms with Crippen LogP contribution in [0.3, 0.4) is 0 Å². The Morgan fingerprint density at radius 3 is 2.72 bits per heavy atom. The number of anilines is 1. The van der Waals surface area contributed by atoms with Gasteiger partial charge >= 0.3 is 0 Å². The van der Waals surface area contributed by atoms with E-state index in [1.165, 1.54) is 13.5 Å². The van der Waals surface area contributed by atoms with Crippen molar-refractivity contribution in [2.75, 3.05) is 32.3 Å². The van der Waals surface area contributed by atoms with Crippen molar-refractivity contribution in [1.29, 1.82) is 0 Å². The number of nitrogens with one attached hydrogen (secondary N) is 1. The van der Waals surface area contributed by atoms with Crippen LogP contribution in [0.1, 0.15) is 25.0 Å². The Morgan fingerprint density at radius 2 is 1.93 bits per heavy atom. The quantitative estimate of drug-likeness (QED) is 0.802. The van der Waals surface area contributed by atoms with E-state index in [2.05, 4.69) is 10.2 Å². The number of methoxy groups -OCH3 is 1. The highest BCUT2D eigenvalue weighted by molar-refractivity contribution is 5.91. The lowest BCUT2D eigenvalue weighted by molar-refractivity contribution is -0.116. The van der Waals surface area contributed by atoms with Crippen LogP contribution in [0, 0.1) is 0 Å². The molecule has 154 valence electrons. The predicted molar refractivity (Wildman–Crippen MR) is 108 cm³/mol. The predicted octanol–water partition coefficient (Wildman–Crippen LogP) is 2.21. The van der Waals surface area contributed by atoms with Gasteiger partial charge < -0.3 is 24.1 Å². The smallest absolute Gasteiger partial charge is 0.244 e. The zero-order valence-corrected chi connectivity index (χ0v) is 16.5. The van der Waals surface area contributed by atoms with Crippen molar-refractivity contribution in [2.45, 2.75) is 32.4 Å². The molecule has 1 amide bonds. The van der Waals surface area contributed by atoms with E-state index in [9.17, 15) is 9.59 Å². The first-order valence-corrected chi connectivity index (χ1v) is 9.81. The van der Waals surface area contributed by atoms with Gasteiger partial charge in [0, 0.05) is 30.1 Å². The van der Waals surface area contributed by atoms with Gasteiger partial charge in [-0.1, -0.05) is 6.42 Å². The number of likely N-dealkylation sites (tertiary alicyclic amines) is 1. The first-order valence-electron chi connectivity index (χ1n) is 9.81. The number of carbonyl (C=O) groups is 1. The maximum absolute atomic E-state index is 12.7. The number of carbonyl (C=O) groups excluding carboxylic acids is 1. The van der Waals surface area contributed by atoms with Crippen molar-refractivity contribution in [3.8, 4) is 17.2 Å². The number of piperidine rings is 1. The van der Waals surface area contributed by atoms with Gasteiger partial charge in [0.25, 0.3) is 0 Å². The van der Waals surface area contributed by atoms with Crippen LogP contribution in [-0.4, -0.2) is 42.4 Å². The monoisotopic (exact) mass is 399 g/mol. The standard InChI is InChI=1S/C21H25N3O5/c1-27-20-12-24(16(10-17(20)25)11-23-7-3-2-4-8-23)13-21(26)22-15-5-6-18-19(9-15)29-14-28-18/h5-6,9-10,12H,2-4,7-8,11,13-14H2,1H3,(H,22,26). The Morgan fingerprint density at radius 1 is 1.14 bits per heavy atom. The van der Waals surface area contributed by atoms with Gasteiger partial charge in [-0.05, 0) is 38.1 Å². The summed E-state index contributed by atoms with van der Waals surface area (Å²) in [7, 11) is 1.46. The summed E-state index contributed by atoms with van der Waals surface area (Å²) in [5, 5.41) is 2.88. The van der Waals surface area contributed by atoms with E-state index in [1.54, 1.807) is 35.0 Å². The summed E-state index contributed by atoms with van der Waals surface area (Å²) in [6, 6.07) is 6.84. The van der Waals surface area contributed by atoms with E-state index in [4.69, 9.17) is 14.2 Å². The van der Waals surface area contributed by atoms with E-state index in [-0.39, 0.29) is 30.4 Å². The molecule has 0 spiro atoms. The average molecular weight is 399 g/mol. The van der Waals surface area contributed by atoms with Gasteiger partial charge in [0.2, 0.25) is 18.1 Å². The van der Waals surface area contributed by atoms with Crippen LogP contribution in [0.25, 0.3) is 0 Å². The summed E-state index contributed by atoms with van der Waals surface area (Å²) in [6.45, 7) is 2.90. The fourth-order valence-electron chi connectivity index (χ4n) is 3.71. The Kier molecular flexibility index (Phi) is 5.71. The molecule has 0 aliphatic carbocycles. The fourth-order valence-corrected chi connectivity index (χ4v) is 3.71. The topological polar surface area (TPSA) is 82.0 Å². The molecule has 29 heavy (non-hydrogen) atoms. The number of hydrogen-bond donors (Lipinski definition) is 1. The summed E-state index contributed by atoms with van der Waals surface area (Å²) >= 11 is 0. The van der Waals surface area contributed by atoms with Crippen LogP contribution in [0.15, 0.2) is 35.3 Å². The third-order valence-electron chi connectivity index (χ3n) is 5.21. The molecule has 0 radical (unpaired) electrons. The minimum absolute atomic E-state index is 0.0776. The fraction of sp³-hybridized carbons (Fsp3) is 0.429. The summed E-state index contributed by atoms with van der Waals surface area (Å²) in [5.74, 6) is 1.30. The maximum atomic E-state index is 12.7. The molecule has 1 N–H and O–H groups in total. The highest BCUT2D eigenvalue weighted by Gasteiger charge is 2.17. The van der Waals surface area contributed by atoms with Crippen molar-refractivity contribution < 1.29 is 19.0 Å². The van der Waals surface area contributed by atoms with E-state index >= 15 is 0 Å². The van der Waals surface area contributed by atoms with Crippen LogP contribution < -0.4 is 25.0 Å². The van der Waals surface area contributed by atoms with Gasteiger partial charge in [-0.2, -0.15) is 0 Å². The van der Waals surface area contributed by atoms with Crippen molar-refractivity contribution in [1.82, 2.24) is 9.47 Å². The number of aromatic nitrogens is 1. The lowest BCUT2D eigenvalue weighted by atomic mass is 10.1. The van der Waals surface area contributed by atoms with Gasteiger partial charge in [-0.25, -0.2) is 0 Å². The molecule has 0 atom stereocenters. The Hall–Kier alpha value is -3.00. The van der Waals surface area contributed by atoms with Crippen LogP contribution >= 0.6 is 0 Å². The molecule has 0 bridgehead atoms. The lowest BCUT2D eigenvalue weighted by Crippen LogP contribution is -2.32. The highest BCUT2D eigenvalue weighted by Crippen LogP contribution is 2.34. The number of amides is 1. The average Bonchev–Trinajstić information content (AvgIpc) is 3.18. The number of benzene rings is 1. The zero-order valence-electron chi connectivity index (χ0n) is 16.5. The second-order valence-electron chi connectivity index (χ2n) is 7.28. The minimum atomic E-state index is -0.200. The summed E-state index contributed by atoms with van der Waals surface area (Å²) in [4.78, 5) is 27.3. The summed E-state index contributed by atoms with van der Waals surface area (Å²) < 4.78 is 17.6. The Labute approximate surface area is 169 Å². The number of rotatable bonds is 6. The maximum Gasteiger partial charge on any atom is 0.244 e. The van der Waals surface area contributed by atoms with Crippen LogP contribution in [0.5, 0.6) is 17.2 Å². The number of nitrogens with zero attached hydrogens (tertiary/aromatic N) is 2. The first kappa shape index (κ1) is 19.3.